The van der Waals surface area contributed by atoms with E-state index in [2.05, 4.69) is 15.3 Å². The molecule has 0 aliphatic heterocycles. The molecule has 0 aliphatic carbocycles. The van der Waals surface area contributed by atoms with Crippen molar-refractivity contribution in [3.8, 4) is 0 Å². The average Bonchev–Trinajstić information content (AvgIpc) is 2.30. The number of halogens is 2. The highest BCUT2D eigenvalue weighted by Gasteiger charge is 2.06. The number of nitrogens with zero attached hydrogens (tertiary/aromatic N) is 2. The van der Waals surface area contributed by atoms with Crippen LogP contribution in [0.4, 0.5) is 11.5 Å². The lowest BCUT2D eigenvalue weighted by Crippen LogP contribution is -2.13. The number of hydrogen-bond donors (Lipinski definition) is 2. The number of rotatable bonds is 2. The third-order valence-corrected chi connectivity index (χ3v) is 1.94. The van der Waals surface area contributed by atoms with Gasteiger partial charge in [-0.05, 0) is 18.2 Å². The predicted molar refractivity (Wildman–Crippen MR) is 75.3 cm³/mol. The first-order chi connectivity index (χ1) is 7.75. The molecule has 0 spiro atoms. The molecule has 7 heteroatoms. The van der Waals surface area contributed by atoms with E-state index in [-0.39, 0.29) is 30.7 Å². The second-order valence-corrected chi connectivity index (χ2v) is 3.14. The van der Waals surface area contributed by atoms with Gasteiger partial charge in [-0.15, -0.1) is 24.8 Å². The van der Waals surface area contributed by atoms with Gasteiger partial charge in [0.2, 0.25) is 0 Å². The zero-order chi connectivity index (χ0) is 11.4. The molecule has 0 bridgehead atoms. The zero-order valence-electron chi connectivity index (χ0n) is 9.24. The molecule has 2 rings (SSSR count). The Bertz CT molecular complexity index is 507. The van der Waals surface area contributed by atoms with E-state index in [9.17, 15) is 4.79 Å². The summed E-state index contributed by atoms with van der Waals surface area (Å²) in [6.45, 7) is 0. The summed E-state index contributed by atoms with van der Waals surface area (Å²) >= 11 is 0. The molecule has 0 atom stereocenters. The Morgan fingerprint density at radius 2 is 1.89 bits per heavy atom. The van der Waals surface area contributed by atoms with Crippen LogP contribution < -0.4 is 11.1 Å². The zero-order valence-corrected chi connectivity index (χ0v) is 10.9. The van der Waals surface area contributed by atoms with Gasteiger partial charge in [0.1, 0.15) is 11.5 Å². The number of amides is 1. The molecule has 0 aromatic carbocycles. The molecule has 0 saturated carbocycles. The molecule has 2 aromatic heterocycles. The van der Waals surface area contributed by atoms with Crippen molar-refractivity contribution in [3.63, 3.8) is 0 Å². The number of carbonyl (C=O) groups excluding carboxylic acids is 1. The number of nitrogens with two attached hydrogens (primary N) is 1. The lowest BCUT2D eigenvalue weighted by atomic mass is 10.3. The lowest BCUT2D eigenvalue weighted by Gasteiger charge is -2.04. The van der Waals surface area contributed by atoms with Crippen LogP contribution in [0.15, 0.2) is 42.7 Å². The maximum Gasteiger partial charge on any atom is 0.274 e. The molecular weight excluding hydrogens is 275 g/mol. The number of nitrogen functional groups attached to an aromatic ring is 1. The molecule has 18 heavy (non-hydrogen) atoms. The van der Waals surface area contributed by atoms with Gasteiger partial charge in [-0.2, -0.15) is 0 Å². The molecule has 2 aromatic rings. The van der Waals surface area contributed by atoms with Gasteiger partial charge < -0.3 is 11.1 Å². The standard InChI is InChI=1S/C11H10N4O.2ClH/c12-10-7-8(4-6-14-10)15-11(16)9-3-1-2-5-13-9;;/h1-7H,(H3,12,14,15,16);2*1H. The summed E-state index contributed by atoms with van der Waals surface area (Å²) in [4.78, 5) is 19.5. The largest absolute Gasteiger partial charge is 0.384 e. The summed E-state index contributed by atoms with van der Waals surface area (Å²) in [5, 5.41) is 2.68. The molecule has 5 nitrogen and oxygen atoms in total. The Morgan fingerprint density at radius 1 is 1.11 bits per heavy atom. The Balaban J connectivity index is 0.00000144. The van der Waals surface area contributed by atoms with Crippen LogP contribution in [0, 0.1) is 0 Å². The molecule has 0 saturated heterocycles. The van der Waals surface area contributed by atoms with Gasteiger partial charge in [-0.1, -0.05) is 6.07 Å². The third kappa shape index (κ3) is 4.20. The SMILES string of the molecule is Cl.Cl.Nc1cc(NC(=O)c2ccccn2)ccn1. The van der Waals surface area contributed by atoms with Crippen molar-refractivity contribution >= 4 is 42.2 Å². The van der Waals surface area contributed by atoms with E-state index in [1.165, 1.54) is 6.20 Å². The fourth-order valence-electron chi connectivity index (χ4n) is 1.22. The number of anilines is 2. The Morgan fingerprint density at radius 3 is 2.50 bits per heavy atom. The third-order valence-electron chi connectivity index (χ3n) is 1.94. The molecule has 3 N–H and O–H groups in total. The van der Waals surface area contributed by atoms with E-state index >= 15 is 0 Å². The maximum absolute atomic E-state index is 11.7. The number of aromatic nitrogens is 2. The molecule has 0 fully saturated rings. The van der Waals surface area contributed by atoms with Crippen molar-refractivity contribution < 1.29 is 4.79 Å². The summed E-state index contributed by atoms with van der Waals surface area (Å²) < 4.78 is 0. The van der Waals surface area contributed by atoms with Crippen LogP contribution in [0.2, 0.25) is 0 Å². The fourth-order valence-corrected chi connectivity index (χ4v) is 1.22. The minimum Gasteiger partial charge on any atom is -0.384 e. The van der Waals surface area contributed by atoms with E-state index in [0.717, 1.165) is 0 Å². The van der Waals surface area contributed by atoms with Gasteiger partial charge in [0, 0.05) is 24.1 Å². The quantitative estimate of drug-likeness (QED) is 0.886. The van der Waals surface area contributed by atoms with Crippen LogP contribution in [-0.4, -0.2) is 15.9 Å². The molecule has 0 unspecified atom stereocenters. The first-order valence-corrected chi connectivity index (χ1v) is 4.69. The summed E-state index contributed by atoms with van der Waals surface area (Å²) in [6.07, 6.45) is 3.10. The second-order valence-electron chi connectivity index (χ2n) is 3.14. The Labute approximate surface area is 117 Å². The van der Waals surface area contributed by atoms with E-state index in [4.69, 9.17) is 5.73 Å². The number of pyridine rings is 2. The molecule has 0 aliphatic rings. The second kappa shape index (κ2) is 7.47. The number of hydrogen-bond acceptors (Lipinski definition) is 4. The van der Waals surface area contributed by atoms with Gasteiger partial charge in [0.05, 0.1) is 0 Å². The molecular formula is C11H12Cl2N4O. The van der Waals surface area contributed by atoms with E-state index in [0.29, 0.717) is 17.2 Å². The highest BCUT2D eigenvalue weighted by atomic mass is 35.5. The Kier molecular flexibility index (Phi) is 6.70. The summed E-state index contributed by atoms with van der Waals surface area (Å²) in [7, 11) is 0. The molecule has 2 heterocycles. The minimum absolute atomic E-state index is 0. The monoisotopic (exact) mass is 286 g/mol. The maximum atomic E-state index is 11.7. The normalized spacial score (nSPS) is 8.67. The van der Waals surface area contributed by atoms with Crippen LogP contribution >= 0.6 is 24.8 Å². The smallest absolute Gasteiger partial charge is 0.274 e. The van der Waals surface area contributed by atoms with Crippen molar-refractivity contribution in [2.75, 3.05) is 11.1 Å². The molecule has 0 radical (unpaired) electrons. The highest BCUT2D eigenvalue weighted by Crippen LogP contribution is 2.10. The van der Waals surface area contributed by atoms with Crippen molar-refractivity contribution in [1.29, 1.82) is 0 Å². The van der Waals surface area contributed by atoms with Crippen LogP contribution in [0.1, 0.15) is 10.5 Å². The topological polar surface area (TPSA) is 80.9 Å². The predicted octanol–water partition coefficient (Wildman–Crippen LogP) is 2.15. The first kappa shape index (κ1) is 16.1. The van der Waals surface area contributed by atoms with E-state index in [1.54, 1.807) is 36.5 Å². The van der Waals surface area contributed by atoms with Crippen LogP contribution in [-0.2, 0) is 0 Å². The lowest BCUT2D eigenvalue weighted by molar-refractivity contribution is 0.102. The van der Waals surface area contributed by atoms with Crippen molar-refractivity contribution in [3.05, 3.63) is 48.4 Å². The highest BCUT2D eigenvalue weighted by molar-refractivity contribution is 6.02. The summed E-state index contributed by atoms with van der Waals surface area (Å²) in [5.74, 6) is 0.0880. The average molecular weight is 287 g/mol. The Hall–Kier alpha value is -1.85. The summed E-state index contributed by atoms with van der Waals surface area (Å²) in [5.41, 5.74) is 6.45. The van der Waals surface area contributed by atoms with E-state index in [1.807, 2.05) is 0 Å². The van der Waals surface area contributed by atoms with Gasteiger partial charge in [-0.25, -0.2) is 4.98 Å². The summed E-state index contributed by atoms with van der Waals surface area (Å²) in [6, 6.07) is 8.39. The molecule has 96 valence electrons. The fraction of sp³-hybridized carbons (Fsp3) is 0. The number of carbonyl (C=O) groups is 1. The van der Waals surface area contributed by atoms with Crippen molar-refractivity contribution in [2.45, 2.75) is 0 Å². The van der Waals surface area contributed by atoms with Crippen molar-refractivity contribution in [1.82, 2.24) is 9.97 Å². The van der Waals surface area contributed by atoms with Gasteiger partial charge in [-0.3, -0.25) is 9.78 Å². The molecule has 1 amide bonds. The van der Waals surface area contributed by atoms with Crippen LogP contribution in [0.3, 0.4) is 0 Å². The van der Waals surface area contributed by atoms with Gasteiger partial charge in [0.15, 0.2) is 0 Å². The van der Waals surface area contributed by atoms with Gasteiger partial charge in [0.25, 0.3) is 5.91 Å². The minimum atomic E-state index is -0.272. The van der Waals surface area contributed by atoms with Crippen LogP contribution in [0.5, 0.6) is 0 Å². The van der Waals surface area contributed by atoms with Gasteiger partial charge >= 0.3 is 0 Å². The van der Waals surface area contributed by atoms with E-state index < -0.39 is 0 Å². The number of nitrogens with one attached hydrogen (secondary N) is 1. The van der Waals surface area contributed by atoms with Crippen molar-refractivity contribution in [2.24, 2.45) is 0 Å². The van der Waals surface area contributed by atoms with Crippen LogP contribution in [0.25, 0.3) is 0 Å². The first-order valence-electron chi connectivity index (χ1n) is 4.69.